The minimum absolute atomic E-state index is 0. The molecule has 1 radical (unpaired) electrons. The molecule has 6 amide bonds. The van der Waals surface area contributed by atoms with E-state index in [1.807, 2.05) is 0 Å². The molecule has 0 bridgehead atoms. The van der Waals surface area contributed by atoms with E-state index in [-0.39, 0.29) is 115 Å². The van der Waals surface area contributed by atoms with Crippen molar-refractivity contribution in [2.75, 3.05) is 58.6 Å². The van der Waals surface area contributed by atoms with Gasteiger partial charge in [0.2, 0.25) is 35.4 Å². The average molecular weight is 776 g/mol. The van der Waals surface area contributed by atoms with Crippen LogP contribution in [-0.2, 0) is 58.8 Å². The standard InChI is InChI=1S/C14H20FN5O3S.C12H16N2O3S.C2H4FN3.Cu/c1-24-11-8-13(22)20(14(11)23)6-3-12(21)16-5-2-10-9-19(7-4-15)18-17-10;1-3-4-6-13-10(15)5-7-14-11(16)8-9(18-2)12(14)17;3-1-2-5-6-4;/h9,11H,2-8H2,1H3,(H,16,21);1,9H,4-8H2,2H3,(H,13,15);1-2H2;/i15-1;;3-1;. The van der Waals surface area contributed by atoms with Crippen molar-refractivity contribution in [3.8, 4) is 12.3 Å². The predicted molar refractivity (Wildman–Crippen MR) is 176 cm³/mol. The van der Waals surface area contributed by atoms with Gasteiger partial charge in [0.25, 0.3) is 0 Å². The molecule has 3 rings (SSSR count). The molecule has 2 saturated heterocycles. The average Bonchev–Trinajstić information content (AvgIpc) is 3.72. The zero-order valence-corrected chi connectivity index (χ0v) is 29.7. The number of imide groups is 2. The first-order chi connectivity index (χ1) is 23.1. The molecule has 0 spiro atoms. The Labute approximate surface area is 302 Å². The summed E-state index contributed by atoms with van der Waals surface area (Å²) in [5.74, 6) is 1.15. The van der Waals surface area contributed by atoms with Crippen LogP contribution in [0.2, 0.25) is 0 Å². The molecule has 2 aliphatic rings. The fraction of sp³-hybridized carbons (Fsp3) is 0.643. The van der Waals surface area contributed by atoms with Gasteiger partial charge in [-0.2, -0.15) is 23.5 Å². The summed E-state index contributed by atoms with van der Waals surface area (Å²) in [6, 6.07) is 0. The molecule has 16 nitrogen and oxygen atoms in total. The number of aromatic nitrogens is 3. The normalized spacial score (nSPS) is 16.4. The molecule has 275 valence electrons. The maximum atomic E-state index is 12.2. The number of carbonyl (C=O) groups excluding carboxylic acids is 6. The van der Waals surface area contributed by atoms with Gasteiger partial charge in [0.1, 0.15) is 6.67 Å². The van der Waals surface area contributed by atoms with E-state index >= 15 is 0 Å². The summed E-state index contributed by atoms with van der Waals surface area (Å²) >= 11 is 2.71. The molecular formula is C28H40CuF2N10O6S2. The first kappa shape index (κ1) is 45.3. The fourth-order valence-electron chi connectivity index (χ4n) is 4.08. The smallest absolute Gasteiger partial charge is 0.242 e. The maximum absolute atomic E-state index is 12.2. The van der Waals surface area contributed by atoms with Crippen LogP contribution in [0.5, 0.6) is 0 Å². The number of thioether (sulfide) groups is 2. The van der Waals surface area contributed by atoms with Gasteiger partial charge in [-0.15, -0.1) is 17.4 Å². The van der Waals surface area contributed by atoms with Crippen molar-refractivity contribution >= 4 is 59.0 Å². The molecule has 2 unspecified atom stereocenters. The fourth-order valence-corrected chi connectivity index (χ4v) is 5.36. The summed E-state index contributed by atoms with van der Waals surface area (Å²) in [6.07, 6.45) is 11.9. The van der Waals surface area contributed by atoms with Gasteiger partial charge in [0, 0.05) is 92.9 Å². The molecule has 21 heteroatoms. The molecule has 2 atom stereocenters. The molecule has 3 heterocycles. The van der Waals surface area contributed by atoms with Crippen molar-refractivity contribution in [3.63, 3.8) is 0 Å². The second kappa shape index (κ2) is 26.2. The van der Waals surface area contributed by atoms with Gasteiger partial charge in [-0.1, -0.05) is 10.3 Å². The molecular weight excluding hydrogens is 736 g/mol. The molecule has 0 aromatic carbocycles. The maximum Gasteiger partial charge on any atom is 0.242 e. The molecule has 2 aliphatic heterocycles. The molecule has 0 saturated carbocycles. The number of nitrogens with zero attached hydrogens (tertiary/aromatic N) is 8. The van der Waals surface area contributed by atoms with Crippen molar-refractivity contribution < 1.29 is 54.6 Å². The van der Waals surface area contributed by atoms with Gasteiger partial charge in [0.05, 0.1) is 36.0 Å². The number of nitrogens with one attached hydrogen (secondary N) is 2. The number of terminal acetylenes is 1. The summed E-state index contributed by atoms with van der Waals surface area (Å²) in [5.41, 5.74) is 8.15. The summed E-state index contributed by atoms with van der Waals surface area (Å²) in [6.45, 7) is 0.0801. The van der Waals surface area contributed by atoms with E-state index in [9.17, 15) is 37.5 Å². The number of aryl methyl sites for hydroxylation is 1. The Morgan fingerprint density at radius 3 is 1.92 bits per heavy atom. The van der Waals surface area contributed by atoms with E-state index in [2.05, 4.69) is 36.9 Å². The summed E-state index contributed by atoms with van der Waals surface area (Å²) in [7, 11) is 0. The van der Waals surface area contributed by atoms with Crippen LogP contribution in [0.3, 0.4) is 0 Å². The van der Waals surface area contributed by atoms with Crippen LogP contribution >= 0.6 is 23.5 Å². The third-order valence-electron chi connectivity index (χ3n) is 6.54. The Hall–Kier alpha value is -3.69. The van der Waals surface area contributed by atoms with Crippen molar-refractivity contribution in [1.29, 1.82) is 0 Å². The molecule has 49 heavy (non-hydrogen) atoms. The van der Waals surface area contributed by atoms with E-state index < -0.39 is 13.3 Å². The van der Waals surface area contributed by atoms with Gasteiger partial charge in [-0.3, -0.25) is 43.0 Å². The number of carbonyl (C=O) groups is 6. The van der Waals surface area contributed by atoms with E-state index in [1.54, 1.807) is 18.7 Å². The molecule has 1 aromatic rings. The van der Waals surface area contributed by atoms with E-state index in [0.29, 0.717) is 31.6 Å². The quantitative estimate of drug-likeness (QED) is 0.0437. The molecule has 0 aliphatic carbocycles. The molecule has 1 aromatic heterocycles. The second-order valence-corrected chi connectivity index (χ2v) is 11.9. The van der Waals surface area contributed by atoms with Crippen LogP contribution in [0.25, 0.3) is 10.4 Å². The van der Waals surface area contributed by atoms with Crippen LogP contribution in [0, 0.1) is 12.3 Å². The van der Waals surface area contributed by atoms with Crippen LogP contribution in [0.15, 0.2) is 11.3 Å². The van der Waals surface area contributed by atoms with Gasteiger partial charge < -0.3 is 10.6 Å². The van der Waals surface area contributed by atoms with Crippen molar-refractivity contribution in [2.24, 2.45) is 5.11 Å². The number of hydrogen-bond donors (Lipinski definition) is 2. The SMILES string of the molecule is C#CCCNC(=O)CCN1C(=O)CC(SC)C1=O.CSC1CC(=O)N(CCC(=O)NCCc2cn(CC[18F])nn2)C1=O.[Cu].[N-]=[N+]=NCC[18F]. The Balaban J connectivity index is 0.000000815. The number of azide groups is 1. The van der Waals surface area contributed by atoms with E-state index in [1.165, 1.54) is 33.1 Å². The zero-order valence-electron chi connectivity index (χ0n) is 27.1. The van der Waals surface area contributed by atoms with Crippen molar-refractivity contribution in [2.45, 2.75) is 55.6 Å². The minimum atomic E-state index is -0.565. The summed E-state index contributed by atoms with van der Waals surface area (Å²) in [4.78, 5) is 74.8. The Morgan fingerprint density at radius 1 is 0.980 bits per heavy atom. The predicted octanol–water partition coefficient (Wildman–Crippen LogP) is 1.06. The number of rotatable bonds is 17. The number of alkyl halides is 2. The minimum Gasteiger partial charge on any atom is -0.356 e. The van der Waals surface area contributed by atoms with Crippen molar-refractivity contribution in [3.05, 3.63) is 22.3 Å². The summed E-state index contributed by atoms with van der Waals surface area (Å²) < 4.78 is 24.5. The van der Waals surface area contributed by atoms with Crippen LogP contribution < -0.4 is 10.6 Å². The summed E-state index contributed by atoms with van der Waals surface area (Å²) in [5, 5.41) is 15.2. The third kappa shape index (κ3) is 17.0. The van der Waals surface area contributed by atoms with Gasteiger partial charge in [0.15, 0.2) is 0 Å². The number of amides is 6. The number of hydrogen-bond acceptors (Lipinski definition) is 11. The van der Waals surface area contributed by atoms with Gasteiger partial charge in [-0.25, -0.2) is 9.07 Å². The van der Waals surface area contributed by atoms with Crippen LogP contribution in [0.4, 0.5) is 8.78 Å². The van der Waals surface area contributed by atoms with E-state index in [0.717, 1.165) is 4.90 Å². The number of halogens is 2. The first-order valence-electron chi connectivity index (χ1n) is 14.8. The first-order valence-corrected chi connectivity index (χ1v) is 17.4. The van der Waals surface area contributed by atoms with Gasteiger partial charge in [-0.05, 0) is 18.0 Å². The monoisotopic (exact) mass is 775 g/mol. The zero-order chi connectivity index (χ0) is 35.9. The van der Waals surface area contributed by atoms with Crippen LogP contribution in [-0.4, -0.2) is 129 Å². The topological polar surface area (TPSA) is 212 Å². The largest absolute Gasteiger partial charge is 0.356 e. The van der Waals surface area contributed by atoms with Gasteiger partial charge >= 0.3 is 0 Å². The Bertz CT molecular complexity index is 1340. The Kier molecular flexibility index (Phi) is 24.2. The van der Waals surface area contributed by atoms with E-state index in [4.69, 9.17) is 12.0 Å². The molecule has 2 fully saturated rings. The number of likely N-dealkylation sites (tertiary alicyclic amines) is 2. The second-order valence-electron chi connectivity index (χ2n) is 9.83. The Morgan fingerprint density at radius 2 is 1.51 bits per heavy atom. The van der Waals surface area contributed by atoms with Crippen LogP contribution in [0.1, 0.15) is 37.8 Å². The van der Waals surface area contributed by atoms with Crippen molar-refractivity contribution in [1.82, 2.24) is 35.4 Å². The molecule has 2 N–H and O–H groups in total. The third-order valence-corrected chi connectivity index (χ3v) is 8.42.